The molecule has 0 fully saturated rings. The molecule has 0 heterocycles. The summed E-state index contributed by atoms with van der Waals surface area (Å²) in [6.45, 7) is 4.49. The fourth-order valence-electron chi connectivity index (χ4n) is 1.53. The minimum absolute atomic E-state index is 0.663. The Morgan fingerprint density at radius 2 is 1.85 bits per heavy atom. The van der Waals surface area contributed by atoms with Crippen LogP contribution in [0.1, 0.15) is 38.2 Å². The molecule has 1 aromatic carbocycles. The van der Waals surface area contributed by atoms with E-state index in [2.05, 4.69) is 26.0 Å². The maximum absolute atomic E-state index is 5.11. The number of hydrogen-bond donors (Lipinski definition) is 0. The molecule has 0 aliphatic carbocycles. The number of ether oxygens (including phenoxy) is 1. The van der Waals surface area contributed by atoms with Crippen LogP contribution in [0.2, 0.25) is 0 Å². The van der Waals surface area contributed by atoms with Crippen molar-refractivity contribution >= 4 is 0 Å². The highest BCUT2D eigenvalue weighted by molar-refractivity contribution is 5.28. The van der Waals surface area contributed by atoms with Crippen LogP contribution in [0.4, 0.5) is 0 Å². The van der Waals surface area contributed by atoms with Crippen LogP contribution in [0.25, 0.3) is 0 Å². The fourth-order valence-corrected chi connectivity index (χ4v) is 1.53. The van der Waals surface area contributed by atoms with Crippen molar-refractivity contribution in [1.82, 2.24) is 0 Å². The number of hydrogen-bond acceptors (Lipinski definition) is 1. The molecule has 0 N–H and O–H groups in total. The molecule has 0 aromatic heterocycles. The summed E-state index contributed by atoms with van der Waals surface area (Å²) in [4.78, 5) is 0. The second-order valence-corrected chi connectivity index (χ2v) is 3.46. The van der Waals surface area contributed by atoms with Gasteiger partial charge in [0.25, 0.3) is 0 Å². The molecule has 0 aliphatic heterocycles. The molecule has 0 saturated carbocycles. The third-order valence-electron chi connectivity index (χ3n) is 2.41. The maximum atomic E-state index is 5.11. The van der Waals surface area contributed by atoms with Gasteiger partial charge >= 0.3 is 0 Å². The van der Waals surface area contributed by atoms with E-state index in [1.54, 1.807) is 7.11 Å². The summed E-state index contributed by atoms with van der Waals surface area (Å²) in [6, 6.07) is 8.36. The Hall–Kier alpha value is -0.980. The van der Waals surface area contributed by atoms with Crippen LogP contribution in [-0.4, -0.2) is 7.11 Å². The zero-order valence-electron chi connectivity index (χ0n) is 8.71. The zero-order valence-corrected chi connectivity index (χ0v) is 8.71. The highest BCUT2D eigenvalue weighted by Gasteiger charge is 2.03. The van der Waals surface area contributed by atoms with Crippen molar-refractivity contribution in [1.29, 1.82) is 0 Å². The molecule has 0 aliphatic rings. The van der Waals surface area contributed by atoms with Gasteiger partial charge in [-0.3, -0.25) is 0 Å². The van der Waals surface area contributed by atoms with Crippen molar-refractivity contribution in [3.05, 3.63) is 29.8 Å². The lowest BCUT2D eigenvalue weighted by atomic mass is 9.97. The first-order valence-corrected chi connectivity index (χ1v) is 4.92. The van der Waals surface area contributed by atoms with Gasteiger partial charge in [-0.15, -0.1) is 0 Å². The Morgan fingerprint density at radius 1 is 1.23 bits per heavy atom. The van der Waals surface area contributed by atoms with E-state index >= 15 is 0 Å². The molecule has 0 saturated heterocycles. The number of benzene rings is 1. The minimum atomic E-state index is 0.663. The molecule has 0 spiro atoms. The normalized spacial score (nSPS) is 12.5. The van der Waals surface area contributed by atoms with Gasteiger partial charge in [0.2, 0.25) is 0 Å². The van der Waals surface area contributed by atoms with Crippen molar-refractivity contribution in [2.24, 2.45) is 0 Å². The van der Waals surface area contributed by atoms with Crippen LogP contribution < -0.4 is 4.74 Å². The van der Waals surface area contributed by atoms with E-state index < -0.39 is 0 Å². The summed E-state index contributed by atoms with van der Waals surface area (Å²) in [6.07, 6.45) is 2.50. The Balaban J connectivity index is 2.67. The van der Waals surface area contributed by atoms with Crippen molar-refractivity contribution in [3.8, 4) is 5.75 Å². The molecule has 1 rings (SSSR count). The fraction of sp³-hybridized carbons (Fsp3) is 0.500. The SMILES string of the molecule is CCC[C@H](C)c1ccc(OC)cc1. The van der Waals surface area contributed by atoms with Gasteiger partial charge in [-0.1, -0.05) is 32.4 Å². The highest BCUT2D eigenvalue weighted by atomic mass is 16.5. The standard InChI is InChI=1S/C12H18O/c1-4-5-10(2)11-6-8-12(13-3)9-7-11/h6-10H,4-5H2,1-3H3/t10-/m0/s1. The second kappa shape index (κ2) is 4.90. The van der Waals surface area contributed by atoms with E-state index in [0.717, 1.165) is 5.75 Å². The average Bonchev–Trinajstić information content (AvgIpc) is 2.18. The van der Waals surface area contributed by atoms with Crippen molar-refractivity contribution in [2.75, 3.05) is 7.11 Å². The predicted molar refractivity (Wildman–Crippen MR) is 56.3 cm³/mol. The molecular weight excluding hydrogens is 160 g/mol. The van der Waals surface area contributed by atoms with E-state index in [-0.39, 0.29) is 0 Å². The van der Waals surface area contributed by atoms with Gasteiger partial charge in [0.05, 0.1) is 7.11 Å². The third kappa shape index (κ3) is 2.76. The van der Waals surface area contributed by atoms with Gasteiger partial charge in [0, 0.05) is 0 Å². The lowest BCUT2D eigenvalue weighted by molar-refractivity contribution is 0.414. The quantitative estimate of drug-likeness (QED) is 0.684. The topological polar surface area (TPSA) is 9.23 Å². The van der Waals surface area contributed by atoms with Crippen molar-refractivity contribution < 1.29 is 4.74 Å². The summed E-state index contributed by atoms with van der Waals surface area (Å²) < 4.78 is 5.11. The molecule has 1 aromatic rings. The van der Waals surface area contributed by atoms with Crippen LogP contribution in [0.15, 0.2) is 24.3 Å². The number of rotatable bonds is 4. The summed E-state index contributed by atoms with van der Waals surface area (Å²) in [5.74, 6) is 1.60. The Kier molecular flexibility index (Phi) is 3.81. The van der Waals surface area contributed by atoms with E-state index in [9.17, 15) is 0 Å². The molecule has 0 amide bonds. The predicted octanol–water partition coefficient (Wildman–Crippen LogP) is 3.60. The summed E-state index contributed by atoms with van der Waals surface area (Å²) in [5, 5.41) is 0. The molecule has 1 nitrogen and oxygen atoms in total. The van der Waals surface area contributed by atoms with Crippen LogP contribution in [0.3, 0.4) is 0 Å². The smallest absolute Gasteiger partial charge is 0.118 e. The molecule has 1 heteroatoms. The largest absolute Gasteiger partial charge is 0.497 e. The summed E-state index contributed by atoms with van der Waals surface area (Å²) in [5.41, 5.74) is 1.41. The van der Waals surface area contributed by atoms with Gasteiger partial charge in [-0.05, 0) is 30.0 Å². The van der Waals surface area contributed by atoms with Crippen molar-refractivity contribution in [3.63, 3.8) is 0 Å². The summed E-state index contributed by atoms with van der Waals surface area (Å²) >= 11 is 0. The van der Waals surface area contributed by atoms with Crippen molar-refractivity contribution in [2.45, 2.75) is 32.6 Å². The average molecular weight is 178 g/mol. The monoisotopic (exact) mass is 178 g/mol. The van der Waals surface area contributed by atoms with Gasteiger partial charge in [-0.2, -0.15) is 0 Å². The first-order valence-electron chi connectivity index (χ1n) is 4.92. The lowest BCUT2D eigenvalue weighted by Crippen LogP contribution is -1.92. The Morgan fingerprint density at radius 3 is 2.31 bits per heavy atom. The maximum Gasteiger partial charge on any atom is 0.118 e. The first-order chi connectivity index (χ1) is 6.27. The van der Waals surface area contributed by atoms with Crippen LogP contribution >= 0.6 is 0 Å². The minimum Gasteiger partial charge on any atom is -0.497 e. The Labute approximate surface area is 80.7 Å². The van der Waals surface area contributed by atoms with Gasteiger partial charge < -0.3 is 4.74 Å². The second-order valence-electron chi connectivity index (χ2n) is 3.46. The lowest BCUT2D eigenvalue weighted by Gasteiger charge is -2.10. The van der Waals surface area contributed by atoms with E-state index in [0.29, 0.717) is 5.92 Å². The van der Waals surface area contributed by atoms with E-state index in [4.69, 9.17) is 4.74 Å². The van der Waals surface area contributed by atoms with Crippen LogP contribution in [0, 0.1) is 0 Å². The summed E-state index contributed by atoms with van der Waals surface area (Å²) in [7, 11) is 1.70. The van der Waals surface area contributed by atoms with Gasteiger partial charge in [-0.25, -0.2) is 0 Å². The molecule has 0 radical (unpaired) electrons. The molecule has 0 unspecified atom stereocenters. The van der Waals surface area contributed by atoms with E-state index in [1.807, 2.05) is 12.1 Å². The van der Waals surface area contributed by atoms with E-state index in [1.165, 1.54) is 18.4 Å². The van der Waals surface area contributed by atoms with Crippen LogP contribution in [0.5, 0.6) is 5.75 Å². The highest BCUT2D eigenvalue weighted by Crippen LogP contribution is 2.22. The molecular formula is C12H18O. The van der Waals surface area contributed by atoms with Gasteiger partial charge in [0.1, 0.15) is 5.75 Å². The molecule has 1 atom stereocenters. The third-order valence-corrected chi connectivity index (χ3v) is 2.41. The molecule has 13 heavy (non-hydrogen) atoms. The van der Waals surface area contributed by atoms with Gasteiger partial charge in [0.15, 0.2) is 0 Å². The molecule has 0 bridgehead atoms. The van der Waals surface area contributed by atoms with Crippen LogP contribution in [-0.2, 0) is 0 Å². The molecule has 72 valence electrons. The Bertz CT molecular complexity index is 238. The number of methoxy groups -OCH3 is 1. The zero-order chi connectivity index (χ0) is 9.68. The first kappa shape index (κ1) is 10.1.